The van der Waals surface area contributed by atoms with Crippen molar-refractivity contribution in [2.75, 3.05) is 6.61 Å². The Hall–Kier alpha value is -0.800. The minimum absolute atomic E-state index is 0.233. The zero-order valence-electron chi connectivity index (χ0n) is 8.32. The van der Waals surface area contributed by atoms with Crippen molar-refractivity contribution in [3.8, 4) is 0 Å². The fourth-order valence-corrected chi connectivity index (χ4v) is 2.67. The maximum atomic E-state index is 5.69. The van der Waals surface area contributed by atoms with E-state index in [9.17, 15) is 0 Å². The van der Waals surface area contributed by atoms with Crippen molar-refractivity contribution in [1.29, 1.82) is 0 Å². The van der Waals surface area contributed by atoms with E-state index in [1.807, 2.05) is 0 Å². The van der Waals surface area contributed by atoms with Crippen LogP contribution in [0.4, 0.5) is 0 Å². The highest BCUT2D eigenvalue weighted by molar-refractivity contribution is 9.10. The average molecular weight is 266 g/mol. The van der Waals surface area contributed by atoms with E-state index in [0.717, 1.165) is 17.5 Å². The van der Waals surface area contributed by atoms with E-state index < -0.39 is 0 Å². The quantitative estimate of drug-likeness (QED) is 0.767. The highest BCUT2D eigenvalue weighted by atomic mass is 79.9. The standard InChI is InChI=1S/C12H12BrNO/c13-10-3-1-4-11-9(10)6-7-14(11)12-5-2-8-15-12/h1,3-4,6-7,12H,2,5,8H2. The van der Waals surface area contributed by atoms with Gasteiger partial charge in [-0.15, -0.1) is 0 Å². The van der Waals surface area contributed by atoms with E-state index in [4.69, 9.17) is 4.74 Å². The van der Waals surface area contributed by atoms with Crippen LogP contribution in [0.2, 0.25) is 0 Å². The number of ether oxygens (including phenoxy) is 1. The molecule has 0 aliphatic carbocycles. The Labute approximate surface area is 97.0 Å². The maximum absolute atomic E-state index is 5.69. The average Bonchev–Trinajstić information content (AvgIpc) is 2.85. The van der Waals surface area contributed by atoms with Crippen molar-refractivity contribution in [3.63, 3.8) is 0 Å². The van der Waals surface area contributed by atoms with Gasteiger partial charge in [-0.3, -0.25) is 0 Å². The molecule has 2 nitrogen and oxygen atoms in total. The van der Waals surface area contributed by atoms with Crippen LogP contribution in [0.5, 0.6) is 0 Å². The molecule has 3 rings (SSSR count). The molecule has 3 heteroatoms. The Morgan fingerprint density at radius 2 is 2.27 bits per heavy atom. The smallest absolute Gasteiger partial charge is 0.134 e. The molecular weight excluding hydrogens is 254 g/mol. The van der Waals surface area contributed by atoms with Crippen LogP contribution < -0.4 is 0 Å². The summed E-state index contributed by atoms with van der Waals surface area (Å²) in [5.41, 5.74) is 1.25. The molecule has 1 aliphatic rings. The molecule has 0 bridgehead atoms. The third-order valence-corrected chi connectivity index (χ3v) is 3.62. The second-order valence-electron chi connectivity index (χ2n) is 3.86. The highest BCUT2D eigenvalue weighted by Gasteiger charge is 2.18. The Bertz CT molecular complexity index is 485. The zero-order valence-corrected chi connectivity index (χ0v) is 9.90. The third kappa shape index (κ3) is 1.50. The summed E-state index contributed by atoms with van der Waals surface area (Å²) in [5, 5.41) is 1.26. The Morgan fingerprint density at radius 1 is 1.33 bits per heavy atom. The minimum atomic E-state index is 0.233. The molecule has 15 heavy (non-hydrogen) atoms. The van der Waals surface area contributed by atoms with Crippen LogP contribution in [0, 0.1) is 0 Å². The lowest BCUT2D eigenvalue weighted by atomic mass is 10.2. The Balaban J connectivity index is 2.15. The van der Waals surface area contributed by atoms with Gasteiger partial charge < -0.3 is 9.30 Å². The molecule has 1 fully saturated rings. The van der Waals surface area contributed by atoms with Crippen molar-refractivity contribution < 1.29 is 4.74 Å². The lowest BCUT2D eigenvalue weighted by Crippen LogP contribution is -2.04. The fraction of sp³-hybridized carbons (Fsp3) is 0.333. The largest absolute Gasteiger partial charge is 0.358 e. The van der Waals surface area contributed by atoms with Crippen LogP contribution in [0.1, 0.15) is 19.1 Å². The monoisotopic (exact) mass is 265 g/mol. The molecule has 2 heterocycles. The molecule has 1 aromatic carbocycles. The molecule has 78 valence electrons. The number of rotatable bonds is 1. The van der Waals surface area contributed by atoms with Gasteiger partial charge in [0.25, 0.3) is 0 Å². The molecule has 1 aliphatic heterocycles. The highest BCUT2D eigenvalue weighted by Crippen LogP contribution is 2.31. The van der Waals surface area contributed by atoms with Gasteiger partial charge in [-0.25, -0.2) is 0 Å². The molecule has 1 aromatic heterocycles. The zero-order chi connectivity index (χ0) is 10.3. The summed E-state index contributed by atoms with van der Waals surface area (Å²) in [6.07, 6.45) is 4.64. The van der Waals surface area contributed by atoms with Crippen LogP contribution in [0.15, 0.2) is 34.9 Å². The van der Waals surface area contributed by atoms with Gasteiger partial charge in [0.1, 0.15) is 6.23 Å². The minimum Gasteiger partial charge on any atom is -0.358 e. The molecule has 0 N–H and O–H groups in total. The van der Waals surface area contributed by atoms with Crippen LogP contribution in [-0.2, 0) is 4.74 Å². The summed E-state index contributed by atoms with van der Waals surface area (Å²) < 4.78 is 9.07. The summed E-state index contributed by atoms with van der Waals surface area (Å²) in [7, 11) is 0. The predicted molar refractivity (Wildman–Crippen MR) is 63.9 cm³/mol. The second-order valence-corrected chi connectivity index (χ2v) is 4.72. The van der Waals surface area contributed by atoms with Gasteiger partial charge in [0.2, 0.25) is 0 Å². The van der Waals surface area contributed by atoms with Gasteiger partial charge in [-0.1, -0.05) is 22.0 Å². The van der Waals surface area contributed by atoms with Crippen LogP contribution in [-0.4, -0.2) is 11.2 Å². The number of hydrogen-bond acceptors (Lipinski definition) is 1. The van der Waals surface area contributed by atoms with E-state index in [-0.39, 0.29) is 6.23 Å². The number of aromatic nitrogens is 1. The molecule has 1 unspecified atom stereocenters. The first kappa shape index (κ1) is 9.43. The molecule has 1 atom stereocenters. The number of hydrogen-bond donors (Lipinski definition) is 0. The van der Waals surface area contributed by atoms with Crippen molar-refractivity contribution in [3.05, 3.63) is 34.9 Å². The number of fused-ring (bicyclic) bond motifs is 1. The maximum Gasteiger partial charge on any atom is 0.134 e. The van der Waals surface area contributed by atoms with Gasteiger partial charge in [0.15, 0.2) is 0 Å². The topological polar surface area (TPSA) is 14.2 Å². The normalized spacial score (nSPS) is 21.3. The van der Waals surface area contributed by atoms with Gasteiger partial charge in [0, 0.05) is 22.7 Å². The summed E-state index contributed by atoms with van der Waals surface area (Å²) in [6.45, 7) is 0.887. The van der Waals surface area contributed by atoms with Gasteiger partial charge in [0.05, 0.1) is 5.52 Å². The molecule has 0 amide bonds. The predicted octanol–water partition coefficient (Wildman–Crippen LogP) is 3.71. The first-order chi connectivity index (χ1) is 7.36. The summed E-state index contributed by atoms with van der Waals surface area (Å²) in [4.78, 5) is 0. The molecule has 0 radical (unpaired) electrons. The van der Waals surface area contributed by atoms with E-state index >= 15 is 0 Å². The van der Waals surface area contributed by atoms with E-state index in [1.54, 1.807) is 0 Å². The number of nitrogens with zero attached hydrogens (tertiary/aromatic N) is 1. The summed E-state index contributed by atoms with van der Waals surface area (Å²) >= 11 is 3.56. The van der Waals surface area contributed by atoms with Crippen LogP contribution >= 0.6 is 15.9 Å². The first-order valence-corrected chi connectivity index (χ1v) is 6.02. The van der Waals surface area contributed by atoms with Crippen molar-refractivity contribution in [2.45, 2.75) is 19.1 Å². The van der Waals surface area contributed by atoms with Crippen molar-refractivity contribution in [2.24, 2.45) is 0 Å². The van der Waals surface area contributed by atoms with E-state index in [2.05, 4.69) is 51.0 Å². The van der Waals surface area contributed by atoms with E-state index in [0.29, 0.717) is 0 Å². The Morgan fingerprint density at radius 3 is 3.07 bits per heavy atom. The number of benzene rings is 1. The van der Waals surface area contributed by atoms with Crippen LogP contribution in [0.3, 0.4) is 0 Å². The third-order valence-electron chi connectivity index (χ3n) is 2.93. The van der Waals surface area contributed by atoms with E-state index in [1.165, 1.54) is 17.3 Å². The molecular formula is C12H12BrNO. The SMILES string of the molecule is Brc1cccc2c1ccn2C1CCCO1. The van der Waals surface area contributed by atoms with Gasteiger partial charge in [-0.2, -0.15) is 0 Å². The van der Waals surface area contributed by atoms with Crippen molar-refractivity contribution in [1.82, 2.24) is 4.57 Å². The first-order valence-electron chi connectivity index (χ1n) is 5.23. The molecule has 2 aromatic rings. The summed E-state index contributed by atoms with van der Waals surface area (Å²) in [6, 6.07) is 8.42. The second kappa shape index (κ2) is 3.65. The molecule has 0 saturated carbocycles. The number of halogens is 1. The fourth-order valence-electron chi connectivity index (χ4n) is 2.18. The summed E-state index contributed by atoms with van der Waals surface area (Å²) in [5.74, 6) is 0. The molecule has 0 spiro atoms. The Kier molecular flexibility index (Phi) is 2.29. The van der Waals surface area contributed by atoms with Gasteiger partial charge in [-0.05, 0) is 31.0 Å². The lowest BCUT2D eigenvalue weighted by Gasteiger charge is -2.13. The van der Waals surface area contributed by atoms with Crippen LogP contribution in [0.25, 0.3) is 10.9 Å². The van der Waals surface area contributed by atoms with Gasteiger partial charge >= 0.3 is 0 Å². The lowest BCUT2D eigenvalue weighted by molar-refractivity contribution is 0.0601. The molecule has 1 saturated heterocycles. The van der Waals surface area contributed by atoms with Crippen molar-refractivity contribution >= 4 is 26.8 Å².